The molecule has 0 radical (unpaired) electrons. The van der Waals surface area contributed by atoms with Crippen molar-refractivity contribution in [1.29, 1.82) is 0 Å². The van der Waals surface area contributed by atoms with Crippen LogP contribution >= 0.6 is 0 Å². The second-order valence-corrected chi connectivity index (χ2v) is 6.48. The van der Waals surface area contributed by atoms with Crippen molar-refractivity contribution in [3.8, 4) is 5.75 Å². The van der Waals surface area contributed by atoms with E-state index >= 15 is 0 Å². The number of methoxy groups -OCH3 is 1. The van der Waals surface area contributed by atoms with Gasteiger partial charge in [-0.1, -0.05) is 0 Å². The number of carboxylic acids is 2. The molecule has 1 atom stereocenters. The molecule has 1 aliphatic heterocycles. The lowest BCUT2D eigenvalue weighted by atomic mass is 9.92. The number of carboxylic acid groups (broad SMARTS) is 2. The molecule has 1 saturated heterocycles. The van der Waals surface area contributed by atoms with Gasteiger partial charge in [0, 0.05) is 30.5 Å². The summed E-state index contributed by atoms with van der Waals surface area (Å²) in [6.45, 7) is 0.359. The van der Waals surface area contributed by atoms with E-state index in [1.54, 1.807) is 12.1 Å². The Morgan fingerprint density at radius 2 is 1.96 bits per heavy atom. The van der Waals surface area contributed by atoms with Crippen molar-refractivity contribution in [2.24, 2.45) is 0 Å². The Morgan fingerprint density at radius 3 is 2.57 bits per heavy atom. The molecule has 150 valence electrons. The first-order chi connectivity index (χ1) is 13.4. The first kappa shape index (κ1) is 19.8. The number of hydrogen-bond acceptors (Lipinski definition) is 7. The minimum absolute atomic E-state index is 0.153. The molecule has 1 aliphatic rings. The molecule has 2 N–H and O–H groups in total. The number of carbonyl (C=O) groups is 2. The van der Waals surface area contributed by atoms with Gasteiger partial charge in [0.05, 0.1) is 7.11 Å². The average Bonchev–Trinajstić information content (AvgIpc) is 2.67. The number of rotatable bonds is 7. The van der Waals surface area contributed by atoms with Crippen molar-refractivity contribution in [2.45, 2.75) is 37.6 Å². The molecule has 1 fully saturated rings. The Kier molecular flexibility index (Phi) is 5.66. The lowest BCUT2D eigenvalue weighted by Crippen LogP contribution is -2.53. The summed E-state index contributed by atoms with van der Waals surface area (Å²) in [5.41, 5.74) is -3.02. The standard InChI is InChI=1S/C19H20O9/c1-25-12-5-6-13-11(8-15(20)27-14(13)9-12)10-19(17(21)22,18(23)24)28-16-4-2-3-7-26-16/h5-6,8-9,16H,2-4,7,10H2,1H3,(H,21,22)(H,23,24). The van der Waals surface area contributed by atoms with Gasteiger partial charge in [-0.05, 0) is 37.0 Å². The van der Waals surface area contributed by atoms with E-state index in [4.69, 9.17) is 18.6 Å². The molecule has 0 aliphatic carbocycles. The molecule has 0 saturated carbocycles. The molecular weight excluding hydrogens is 372 g/mol. The molecule has 0 spiro atoms. The smallest absolute Gasteiger partial charge is 0.348 e. The highest BCUT2D eigenvalue weighted by atomic mass is 16.7. The van der Waals surface area contributed by atoms with Gasteiger partial charge in [0.25, 0.3) is 5.60 Å². The second kappa shape index (κ2) is 7.99. The molecule has 2 heterocycles. The van der Waals surface area contributed by atoms with Crippen molar-refractivity contribution in [3.05, 3.63) is 40.2 Å². The third-order valence-electron chi connectivity index (χ3n) is 4.64. The van der Waals surface area contributed by atoms with Gasteiger partial charge in [0.15, 0.2) is 6.29 Å². The van der Waals surface area contributed by atoms with E-state index in [2.05, 4.69) is 0 Å². The van der Waals surface area contributed by atoms with E-state index in [0.29, 0.717) is 24.2 Å². The molecule has 0 amide bonds. The molecule has 3 rings (SSSR count). The minimum atomic E-state index is -2.61. The topological polar surface area (TPSA) is 132 Å². The maximum absolute atomic E-state index is 12.0. The summed E-state index contributed by atoms with van der Waals surface area (Å²) < 4.78 is 21.1. The van der Waals surface area contributed by atoms with Crippen LogP contribution in [0.5, 0.6) is 5.75 Å². The van der Waals surface area contributed by atoms with E-state index in [0.717, 1.165) is 18.9 Å². The van der Waals surface area contributed by atoms with Gasteiger partial charge in [0.2, 0.25) is 0 Å². The van der Waals surface area contributed by atoms with E-state index in [-0.39, 0.29) is 11.1 Å². The molecule has 1 aromatic carbocycles. The first-order valence-corrected chi connectivity index (χ1v) is 8.73. The molecule has 1 unspecified atom stereocenters. The van der Waals surface area contributed by atoms with Crippen LogP contribution in [-0.2, 0) is 25.5 Å². The van der Waals surface area contributed by atoms with Crippen molar-refractivity contribution in [1.82, 2.24) is 0 Å². The van der Waals surface area contributed by atoms with Gasteiger partial charge in [-0.25, -0.2) is 14.4 Å². The summed E-state index contributed by atoms with van der Waals surface area (Å²) in [5.74, 6) is -2.92. The molecule has 28 heavy (non-hydrogen) atoms. The monoisotopic (exact) mass is 392 g/mol. The maximum Gasteiger partial charge on any atom is 0.348 e. The van der Waals surface area contributed by atoms with Gasteiger partial charge in [-0.2, -0.15) is 0 Å². The summed E-state index contributed by atoms with van der Waals surface area (Å²) in [6, 6.07) is 5.70. The van der Waals surface area contributed by atoms with Crippen molar-refractivity contribution in [3.63, 3.8) is 0 Å². The zero-order valence-electron chi connectivity index (χ0n) is 15.2. The Labute approximate surface area is 159 Å². The van der Waals surface area contributed by atoms with Crippen LogP contribution < -0.4 is 10.4 Å². The fourth-order valence-electron chi connectivity index (χ4n) is 3.17. The van der Waals surface area contributed by atoms with Gasteiger partial charge in [-0.3, -0.25) is 0 Å². The van der Waals surface area contributed by atoms with E-state index < -0.39 is 35.9 Å². The lowest BCUT2D eigenvalue weighted by molar-refractivity contribution is -0.236. The minimum Gasteiger partial charge on any atom is -0.497 e. The lowest BCUT2D eigenvalue weighted by Gasteiger charge is -2.32. The highest BCUT2D eigenvalue weighted by Gasteiger charge is 2.50. The molecule has 9 heteroatoms. The van der Waals surface area contributed by atoms with Crippen molar-refractivity contribution < 1.29 is 38.4 Å². The van der Waals surface area contributed by atoms with Gasteiger partial charge in [-0.15, -0.1) is 0 Å². The van der Waals surface area contributed by atoms with Crippen LogP contribution in [-0.4, -0.2) is 47.8 Å². The predicted octanol–water partition coefficient (Wildman–Crippen LogP) is 1.80. The summed E-state index contributed by atoms with van der Waals surface area (Å²) in [4.78, 5) is 35.9. The fourth-order valence-corrected chi connectivity index (χ4v) is 3.17. The number of fused-ring (bicyclic) bond motifs is 1. The Morgan fingerprint density at radius 1 is 1.21 bits per heavy atom. The molecule has 9 nitrogen and oxygen atoms in total. The zero-order chi connectivity index (χ0) is 20.3. The van der Waals surface area contributed by atoms with E-state index in [9.17, 15) is 24.6 Å². The Hall–Kier alpha value is -2.91. The maximum atomic E-state index is 12.0. The Bertz CT molecular complexity index is 926. The van der Waals surface area contributed by atoms with Crippen LogP contribution in [0, 0.1) is 0 Å². The van der Waals surface area contributed by atoms with Gasteiger partial charge in [0.1, 0.15) is 11.3 Å². The van der Waals surface area contributed by atoms with Crippen LogP contribution in [0.3, 0.4) is 0 Å². The van der Waals surface area contributed by atoms with E-state index in [1.807, 2.05) is 0 Å². The normalized spacial score (nSPS) is 17.4. The SMILES string of the molecule is COc1ccc2c(CC(OC3CCCCO3)(C(=O)O)C(=O)O)cc(=O)oc2c1. The molecule has 2 aromatic rings. The van der Waals surface area contributed by atoms with Crippen molar-refractivity contribution in [2.75, 3.05) is 13.7 Å². The van der Waals surface area contributed by atoms with E-state index in [1.165, 1.54) is 13.2 Å². The Balaban J connectivity index is 2.06. The number of hydrogen-bond donors (Lipinski definition) is 2. The number of benzene rings is 1. The van der Waals surface area contributed by atoms with Gasteiger partial charge >= 0.3 is 17.6 Å². The first-order valence-electron chi connectivity index (χ1n) is 8.73. The third-order valence-corrected chi connectivity index (χ3v) is 4.64. The summed E-state index contributed by atoms with van der Waals surface area (Å²) in [6.07, 6.45) is 0.382. The molecule has 1 aromatic heterocycles. The van der Waals surface area contributed by atoms with Gasteiger partial charge < -0.3 is 28.8 Å². The van der Waals surface area contributed by atoms with Crippen LogP contribution in [0.25, 0.3) is 11.0 Å². The third kappa shape index (κ3) is 3.85. The van der Waals surface area contributed by atoms with Crippen molar-refractivity contribution >= 4 is 22.9 Å². The zero-order valence-corrected chi connectivity index (χ0v) is 15.2. The summed E-state index contributed by atoms with van der Waals surface area (Å²) >= 11 is 0. The summed E-state index contributed by atoms with van der Waals surface area (Å²) in [7, 11) is 1.45. The number of ether oxygens (including phenoxy) is 3. The molecular formula is C19H20O9. The molecule has 0 bridgehead atoms. The largest absolute Gasteiger partial charge is 0.497 e. The number of aliphatic carboxylic acids is 2. The fraction of sp³-hybridized carbons (Fsp3) is 0.421. The quantitative estimate of drug-likeness (QED) is 0.534. The average molecular weight is 392 g/mol. The second-order valence-electron chi connectivity index (χ2n) is 6.48. The predicted molar refractivity (Wildman–Crippen MR) is 95.4 cm³/mol. The highest BCUT2D eigenvalue weighted by Crippen LogP contribution is 2.29. The van der Waals surface area contributed by atoms with Crippen LogP contribution in [0.1, 0.15) is 24.8 Å². The highest BCUT2D eigenvalue weighted by molar-refractivity contribution is 6.02. The van der Waals surface area contributed by atoms with Crippen LogP contribution in [0.4, 0.5) is 0 Å². The van der Waals surface area contributed by atoms with Crippen LogP contribution in [0.2, 0.25) is 0 Å². The van der Waals surface area contributed by atoms with Crippen LogP contribution in [0.15, 0.2) is 33.5 Å². The summed E-state index contributed by atoms with van der Waals surface area (Å²) in [5, 5.41) is 19.8.